The van der Waals surface area contributed by atoms with Crippen LogP contribution in [0.2, 0.25) is 0 Å². The summed E-state index contributed by atoms with van der Waals surface area (Å²) in [6.45, 7) is 1.83. The van der Waals surface area contributed by atoms with Crippen LogP contribution in [-0.4, -0.2) is 9.97 Å². The van der Waals surface area contributed by atoms with Crippen molar-refractivity contribution in [2.24, 2.45) is 0 Å². The van der Waals surface area contributed by atoms with Crippen LogP contribution in [0.4, 0.5) is 0 Å². The Bertz CT molecular complexity index is 292. The molecule has 0 amide bonds. The lowest BCUT2D eigenvalue weighted by Gasteiger charge is -1.71. The van der Waals surface area contributed by atoms with Crippen molar-refractivity contribution in [3.8, 4) is 0 Å². The average molecular weight is 122 g/mol. The zero-order valence-corrected chi connectivity index (χ0v) is 5.01. The summed E-state index contributed by atoms with van der Waals surface area (Å²) in [5.41, 5.74) is 1.65. The minimum absolute atomic E-state index is 0.705. The van der Waals surface area contributed by atoms with E-state index in [2.05, 4.69) is 9.97 Å². The van der Waals surface area contributed by atoms with Crippen molar-refractivity contribution in [1.82, 2.24) is 9.97 Å². The molecule has 2 aromatic rings. The molecule has 0 aromatic carbocycles. The average Bonchev–Trinajstić information content (AvgIpc) is 2.22. The Morgan fingerprint density at radius 2 is 2.56 bits per heavy atom. The predicted molar refractivity (Wildman–Crippen MR) is 33.1 cm³/mol. The third kappa shape index (κ3) is 0.543. The third-order valence-corrected chi connectivity index (χ3v) is 1.22. The van der Waals surface area contributed by atoms with Gasteiger partial charge < -0.3 is 9.40 Å². The Labute approximate surface area is 51.7 Å². The van der Waals surface area contributed by atoms with E-state index >= 15 is 0 Å². The highest BCUT2D eigenvalue weighted by Gasteiger charge is 1.99. The lowest BCUT2D eigenvalue weighted by molar-refractivity contribution is 0.561. The molecule has 2 rings (SSSR count). The van der Waals surface area contributed by atoms with E-state index in [-0.39, 0.29) is 0 Å². The Balaban J connectivity index is 2.92. The fraction of sp³-hybridized carbons (Fsp3) is 0.167. The van der Waals surface area contributed by atoms with E-state index in [0.717, 1.165) is 11.2 Å². The van der Waals surface area contributed by atoms with Crippen LogP contribution in [0, 0.1) is 6.92 Å². The maximum Gasteiger partial charge on any atom is 0.193 e. The van der Waals surface area contributed by atoms with E-state index in [1.165, 1.54) is 0 Å². The minimum atomic E-state index is 0.705. The second-order valence-electron chi connectivity index (χ2n) is 1.92. The van der Waals surface area contributed by atoms with Crippen LogP contribution < -0.4 is 0 Å². The molecule has 0 aliphatic rings. The zero-order valence-electron chi connectivity index (χ0n) is 5.01. The monoisotopic (exact) mass is 122 g/mol. The van der Waals surface area contributed by atoms with Gasteiger partial charge in [-0.15, -0.1) is 0 Å². The number of aryl methyl sites for hydroxylation is 1. The summed E-state index contributed by atoms with van der Waals surface area (Å²) < 4.78 is 5.17. The maximum absolute atomic E-state index is 5.17. The number of hydrogen-bond acceptors (Lipinski definition) is 2. The summed E-state index contributed by atoms with van der Waals surface area (Å²) >= 11 is 0. The molecule has 0 fully saturated rings. The minimum Gasteiger partial charge on any atom is -0.439 e. The standard InChI is InChI=1S/C6H6N2O/c1-4-8-6-5(9-4)2-3-7-6/h2-3,7H,1H3. The molecule has 0 atom stereocenters. The lowest BCUT2D eigenvalue weighted by Crippen LogP contribution is -1.66. The van der Waals surface area contributed by atoms with Crippen LogP contribution in [0.25, 0.3) is 11.2 Å². The van der Waals surface area contributed by atoms with Crippen molar-refractivity contribution >= 4 is 11.2 Å². The summed E-state index contributed by atoms with van der Waals surface area (Å²) in [4.78, 5) is 6.99. The van der Waals surface area contributed by atoms with E-state index in [0.29, 0.717) is 5.89 Å². The third-order valence-electron chi connectivity index (χ3n) is 1.22. The van der Waals surface area contributed by atoms with Gasteiger partial charge >= 0.3 is 0 Å². The van der Waals surface area contributed by atoms with Crippen LogP contribution in [0.1, 0.15) is 5.89 Å². The number of oxazole rings is 1. The molecule has 0 bridgehead atoms. The van der Waals surface area contributed by atoms with Crippen molar-refractivity contribution in [2.75, 3.05) is 0 Å². The van der Waals surface area contributed by atoms with Gasteiger partial charge in [-0.3, -0.25) is 0 Å². The van der Waals surface area contributed by atoms with Gasteiger partial charge in [0.1, 0.15) is 0 Å². The molecule has 0 aliphatic heterocycles. The summed E-state index contributed by atoms with van der Waals surface area (Å²) in [5, 5.41) is 0. The first-order valence-corrected chi connectivity index (χ1v) is 2.77. The van der Waals surface area contributed by atoms with Crippen molar-refractivity contribution in [2.45, 2.75) is 6.92 Å². The molecule has 2 heterocycles. The van der Waals surface area contributed by atoms with Gasteiger partial charge in [-0.05, 0) is 0 Å². The topological polar surface area (TPSA) is 41.8 Å². The van der Waals surface area contributed by atoms with E-state index in [4.69, 9.17) is 4.42 Å². The van der Waals surface area contributed by atoms with Crippen molar-refractivity contribution in [3.63, 3.8) is 0 Å². The number of fused-ring (bicyclic) bond motifs is 1. The van der Waals surface area contributed by atoms with Crippen molar-refractivity contribution in [3.05, 3.63) is 18.2 Å². The molecule has 0 saturated carbocycles. The molecule has 2 aromatic heterocycles. The quantitative estimate of drug-likeness (QED) is 0.574. The first-order valence-electron chi connectivity index (χ1n) is 2.77. The van der Waals surface area contributed by atoms with Crippen molar-refractivity contribution in [1.29, 1.82) is 0 Å². The first kappa shape index (κ1) is 4.61. The second kappa shape index (κ2) is 1.37. The van der Waals surface area contributed by atoms with Gasteiger partial charge in [0.05, 0.1) is 0 Å². The molecular weight excluding hydrogens is 116 g/mol. The summed E-state index contributed by atoms with van der Waals surface area (Å²) in [6, 6.07) is 1.86. The van der Waals surface area contributed by atoms with Crippen LogP contribution in [0.15, 0.2) is 16.7 Å². The zero-order chi connectivity index (χ0) is 6.27. The van der Waals surface area contributed by atoms with Gasteiger partial charge in [-0.1, -0.05) is 0 Å². The van der Waals surface area contributed by atoms with Crippen LogP contribution in [0.5, 0.6) is 0 Å². The van der Waals surface area contributed by atoms with Gasteiger partial charge in [0, 0.05) is 19.2 Å². The van der Waals surface area contributed by atoms with Gasteiger partial charge in [0.25, 0.3) is 0 Å². The molecular formula is C6H6N2O. The van der Waals surface area contributed by atoms with E-state index in [1.807, 2.05) is 13.0 Å². The number of aromatic amines is 1. The van der Waals surface area contributed by atoms with Crippen LogP contribution in [0.3, 0.4) is 0 Å². The number of rotatable bonds is 0. The summed E-state index contributed by atoms with van der Waals surface area (Å²) in [6.07, 6.45) is 1.81. The molecule has 0 aliphatic carbocycles. The number of aromatic nitrogens is 2. The molecule has 3 nitrogen and oxygen atoms in total. The molecule has 0 spiro atoms. The van der Waals surface area contributed by atoms with E-state index < -0.39 is 0 Å². The predicted octanol–water partition coefficient (Wildman–Crippen LogP) is 1.46. The molecule has 0 unspecified atom stereocenters. The number of nitrogens with one attached hydrogen (secondary N) is 1. The van der Waals surface area contributed by atoms with Gasteiger partial charge in [0.2, 0.25) is 0 Å². The van der Waals surface area contributed by atoms with Crippen molar-refractivity contribution < 1.29 is 4.42 Å². The maximum atomic E-state index is 5.17. The molecule has 9 heavy (non-hydrogen) atoms. The molecule has 0 saturated heterocycles. The number of nitrogens with zero attached hydrogens (tertiary/aromatic N) is 1. The molecule has 1 N–H and O–H groups in total. The highest BCUT2D eigenvalue weighted by Crippen LogP contribution is 2.11. The fourth-order valence-corrected chi connectivity index (χ4v) is 0.855. The van der Waals surface area contributed by atoms with Gasteiger partial charge in [0.15, 0.2) is 17.1 Å². The second-order valence-corrected chi connectivity index (χ2v) is 1.92. The Hall–Kier alpha value is -1.25. The number of hydrogen-bond donors (Lipinski definition) is 1. The molecule has 46 valence electrons. The van der Waals surface area contributed by atoms with Crippen LogP contribution in [-0.2, 0) is 0 Å². The Morgan fingerprint density at radius 1 is 1.67 bits per heavy atom. The van der Waals surface area contributed by atoms with Crippen LogP contribution >= 0.6 is 0 Å². The largest absolute Gasteiger partial charge is 0.439 e. The normalized spacial score (nSPS) is 10.8. The SMILES string of the molecule is Cc1nc2[nH]ccc2o1. The fourth-order valence-electron chi connectivity index (χ4n) is 0.855. The lowest BCUT2D eigenvalue weighted by atomic mass is 10.6. The van der Waals surface area contributed by atoms with Gasteiger partial charge in [-0.25, -0.2) is 0 Å². The van der Waals surface area contributed by atoms with Gasteiger partial charge in [-0.2, -0.15) is 4.98 Å². The smallest absolute Gasteiger partial charge is 0.193 e. The Morgan fingerprint density at radius 3 is 3.33 bits per heavy atom. The summed E-state index contributed by atoms with van der Waals surface area (Å²) in [7, 11) is 0. The van der Waals surface area contributed by atoms with E-state index in [1.54, 1.807) is 6.20 Å². The number of H-pyrrole nitrogens is 1. The Kier molecular flexibility index (Phi) is 0.704. The highest BCUT2D eigenvalue weighted by atomic mass is 16.3. The first-order chi connectivity index (χ1) is 4.36. The highest BCUT2D eigenvalue weighted by molar-refractivity contribution is 5.67. The molecule has 0 radical (unpaired) electrons. The summed E-state index contributed by atoms with van der Waals surface area (Å²) in [5.74, 6) is 0.705. The van der Waals surface area contributed by atoms with E-state index in [9.17, 15) is 0 Å². The molecule has 3 heteroatoms.